The molecule has 0 amide bonds. The lowest BCUT2D eigenvalue weighted by Gasteiger charge is -2.14. The third-order valence-electron chi connectivity index (χ3n) is 4.05. The molecule has 1 aromatic heterocycles. The van der Waals surface area contributed by atoms with Gasteiger partial charge in [0, 0.05) is 11.8 Å². The molecular weight excluding hydrogens is 390 g/mol. The number of anilines is 2. The van der Waals surface area contributed by atoms with E-state index in [2.05, 4.69) is 15.3 Å². The molecule has 1 heterocycles. The second kappa shape index (κ2) is 7.58. The molecule has 2 aromatic carbocycles. The van der Waals surface area contributed by atoms with Crippen LogP contribution in [0.1, 0.15) is 6.92 Å². The Bertz CT molecular complexity index is 1100. The van der Waals surface area contributed by atoms with Crippen LogP contribution in [0.2, 0.25) is 5.02 Å². The molecule has 27 heavy (non-hydrogen) atoms. The fourth-order valence-corrected chi connectivity index (χ4v) is 3.93. The summed E-state index contributed by atoms with van der Waals surface area (Å²) in [4.78, 5) is 8.72. The van der Waals surface area contributed by atoms with Gasteiger partial charge in [-0.1, -0.05) is 24.6 Å². The molecule has 0 aliphatic rings. The van der Waals surface area contributed by atoms with Crippen molar-refractivity contribution in [2.45, 2.75) is 11.8 Å². The van der Waals surface area contributed by atoms with Gasteiger partial charge in [-0.05, 0) is 18.2 Å². The average Bonchev–Trinajstić information content (AvgIpc) is 2.68. The van der Waals surface area contributed by atoms with Crippen molar-refractivity contribution >= 4 is 43.8 Å². The first-order valence-corrected chi connectivity index (χ1v) is 10.1. The SMILES string of the molecule is CCS(=O)(=O)c1cccc(Nc2ncnc3cc(OC)c(OC)c(Cl)c23)c1. The Hall–Kier alpha value is -2.58. The summed E-state index contributed by atoms with van der Waals surface area (Å²) in [5.74, 6) is 1.27. The topological polar surface area (TPSA) is 90.4 Å². The third kappa shape index (κ3) is 3.63. The lowest BCUT2D eigenvalue weighted by atomic mass is 10.2. The second-order valence-electron chi connectivity index (χ2n) is 5.60. The summed E-state index contributed by atoms with van der Waals surface area (Å²) in [6.07, 6.45) is 1.39. The molecule has 0 fully saturated rings. The van der Waals surface area contributed by atoms with Gasteiger partial charge >= 0.3 is 0 Å². The van der Waals surface area contributed by atoms with E-state index < -0.39 is 9.84 Å². The summed E-state index contributed by atoms with van der Waals surface area (Å²) in [5.41, 5.74) is 1.13. The summed E-state index contributed by atoms with van der Waals surface area (Å²) in [5, 5.41) is 3.96. The number of methoxy groups -OCH3 is 2. The smallest absolute Gasteiger partial charge is 0.180 e. The number of benzene rings is 2. The van der Waals surface area contributed by atoms with Gasteiger partial charge in [-0.25, -0.2) is 18.4 Å². The van der Waals surface area contributed by atoms with Gasteiger partial charge in [-0.2, -0.15) is 0 Å². The van der Waals surface area contributed by atoms with E-state index in [1.165, 1.54) is 20.5 Å². The number of aromatic nitrogens is 2. The Balaban J connectivity index is 2.12. The zero-order valence-electron chi connectivity index (χ0n) is 15.0. The maximum absolute atomic E-state index is 12.1. The normalized spacial score (nSPS) is 11.4. The Morgan fingerprint density at radius 1 is 1.15 bits per heavy atom. The van der Waals surface area contributed by atoms with Gasteiger partial charge in [0.25, 0.3) is 0 Å². The molecule has 1 N–H and O–H groups in total. The standard InChI is InChI=1S/C18H18ClN3O4S/c1-4-27(23,24)12-7-5-6-11(8-12)22-18-15-13(20-10-21-18)9-14(25-2)17(26-3)16(15)19/h5-10H,4H2,1-3H3,(H,20,21,22). The highest BCUT2D eigenvalue weighted by atomic mass is 35.5. The van der Waals surface area contributed by atoms with Crippen molar-refractivity contribution in [3.8, 4) is 11.5 Å². The van der Waals surface area contributed by atoms with Crippen molar-refractivity contribution < 1.29 is 17.9 Å². The lowest BCUT2D eigenvalue weighted by molar-refractivity contribution is 0.356. The predicted molar refractivity (Wildman–Crippen MR) is 105 cm³/mol. The van der Waals surface area contributed by atoms with Gasteiger partial charge in [0.1, 0.15) is 12.1 Å². The van der Waals surface area contributed by atoms with Gasteiger partial charge in [0.05, 0.1) is 40.8 Å². The number of nitrogens with zero attached hydrogens (tertiary/aromatic N) is 2. The number of fused-ring (bicyclic) bond motifs is 1. The van der Waals surface area contributed by atoms with Crippen LogP contribution in [0.3, 0.4) is 0 Å². The van der Waals surface area contributed by atoms with E-state index in [-0.39, 0.29) is 10.6 Å². The van der Waals surface area contributed by atoms with Crippen LogP contribution >= 0.6 is 11.6 Å². The molecule has 142 valence electrons. The first-order valence-electron chi connectivity index (χ1n) is 8.06. The maximum atomic E-state index is 12.1. The maximum Gasteiger partial charge on any atom is 0.180 e. The molecule has 0 bridgehead atoms. The minimum absolute atomic E-state index is 0.0235. The molecule has 9 heteroatoms. The van der Waals surface area contributed by atoms with E-state index in [9.17, 15) is 8.42 Å². The minimum Gasteiger partial charge on any atom is -0.493 e. The number of sulfone groups is 1. The number of hydrogen-bond donors (Lipinski definition) is 1. The molecule has 0 aliphatic heterocycles. The second-order valence-corrected chi connectivity index (χ2v) is 8.25. The van der Waals surface area contributed by atoms with Gasteiger partial charge < -0.3 is 14.8 Å². The van der Waals surface area contributed by atoms with E-state index >= 15 is 0 Å². The summed E-state index contributed by atoms with van der Waals surface area (Å²) >= 11 is 6.50. The molecule has 0 atom stereocenters. The average molecular weight is 408 g/mol. The van der Waals surface area contributed by atoms with Crippen molar-refractivity contribution in [1.29, 1.82) is 0 Å². The lowest BCUT2D eigenvalue weighted by Crippen LogP contribution is -2.04. The molecule has 0 saturated heterocycles. The van der Waals surface area contributed by atoms with Crippen LogP contribution in [0.25, 0.3) is 10.9 Å². The third-order valence-corrected chi connectivity index (χ3v) is 6.14. The summed E-state index contributed by atoms with van der Waals surface area (Å²) in [6, 6.07) is 8.23. The zero-order valence-corrected chi connectivity index (χ0v) is 16.6. The summed E-state index contributed by atoms with van der Waals surface area (Å²) in [6.45, 7) is 1.60. The Morgan fingerprint density at radius 3 is 2.59 bits per heavy atom. The summed E-state index contributed by atoms with van der Waals surface area (Å²) in [7, 11) is -0.313. The van der Waals surface area contributed by atoms with Crippen LogP contribution in [-0.2, 0) is 9.84 Å². The Labute approximate surface area is 162 Å². The van der Waals surface area contributed by atoms with Crippen LogP contribution in [0, 0.1) is 0 Å². The first kappa shape index (κ1) is 19.2. The molecule has 0 radical (unpaired) electrons. The first-order chi connectivity index (χ1) is 12.9. The number of rotatable bonds is 6. The Kier molecular flexibility index (Phi) is 5.38. The van der Waals surface area contributed by atoms with Crippen molar-refractivity contribution in [3.63, 3.8) is 0 Å². The van der Waals surface area contributed by atoms with Crippen LogP contribution < -0.4 is 14.8 Å². The van der Waals surface area contributed by atoms with E-state index in [1.807, 2.05) is 0 Å². The van der Waals surface area contributed by atoms with Crippen LogP contribution in [0.5, 0.6) is 11.5 Å². The van der Waals surface area contributed by atoms with Crippen molar-refractivity contribution in [2.24, 2.45) is 0 Å². The molecule has 0 saturated carbocycles. The van der Waals surface area contributed by atoms with Crippen LogP contribution in [-0.4, -0.2) is 38.4 Å². The number of hydrogen-bond acceptors (Lipinski definition) is 7. The molecule has 0 aliphatic carbocycles. The van der Waals surface area contributed by atoms with E-state index in [0.717, 1.165) is 0 Å². The van der Waals surface area contributed by atoms with E-state index in [4.69, 9.17) is 21.1 Å². The quantitative estimate of drug-likeness (QED) is 0.663. The van der Waals surface area contributed by atoms with Crippen LogP contribution in [0.4, 0.5) is 11.5 Å². The number of ether oxygens (including phenoxy) is 2. The van der Waals surface area contributed by atoms with Gasteiger partial charge in [0.15, 0.2) is 21.3 Å². The van der Waals surface area contributed by atoms with Crippen LogP contribution in [0.15, 0.2) is 41.6 Å². The minimum atomic E-state index is -3.32. The summed E-state index contributed by atoms with van der Waals surface area (Å²) < 4.78 is 34.9. The van der Waals surface area contributed by atoms with Crippen molar-refractivity contribution in [1.82, 2.24) is 9.97 Å². The Morgan fingerprint density at radius 2 is 1.93 bits per heavy atom. The zero-order chi connectivity index (χ0) is 19.6. The molecule has 3 rings (SSSR count). The predicted octanol–water partition coefficient (Wildman–Crippen LogP) is 3.84. The highest BCUT2D eigenvalue weighted by molar-refractivity contribution is 7.91. The van der Waals surface area contributed by atoms with Crippen molar-refractivity contribution in [2.75, 3.05) is 25.3 Å². The largest absolute Gasteiger partial charge is 0.493 e. The fraction of sp³-hybridized carbons (Fsp3) is 0.222. The monoisotopic (exact) mass is 407 g/mol. The molecule has 7 nitrogen and oxygen atoms in total. The fourth-order valence-electron chi connectivity index (χ4n) is 2.64. The van der Waals surface area contributed by atoms with E-state index in [0.29, 0.717) is 38.9 Å². The highest BCUT2D eigenvalue weighted by Gasteiger charge is 2.18. The van der Waals surface area contributed by atoms with E-state index in [1.54, 1.807) is 37.3 Å². The highest BCUT2D eigenvalue weighted by Crippen LogP contribution is 2.42. The molecule has 0 spiro atoms. The molecule has 3 aromatic rings. The van der Waals surface area contributed by atoms with Crippen molar-refractivity contribution in [3.05, 3.63) is 41.7 Å². The molecule has 0 unspecified atom stereocenters. The van der Waals surface area contributed by atoms with Gasteiger partial charge in [-0.3, -0.25) is 0 Å². The number of halogens is 1. The molecular formula is C18H18ClN3O4S. The number of nitrogens with one attached hydrogen (secondary N) is 1. The van der Waals surface area contributed by atoms with Gasteiger partial charge in [-0.15, -0.1) is 0 Å². The van der Waals surface area contributed by atoms with Gasteiger partial charge in [0.2, 0.25) is 0 Å².